The van der Waals surface area contributed by atoms with E-state index >= 15 is 0 Å². The van der Waals surface area contributed by atoms with Gasteiger partial charge < -0.3 is 10.2 Å². The summed E-state index contributed by atoms with van der Waals surface area (Å²) < 4.78 is 0. The van der Waals surface area contributed by atoms with Crippen LogP contribution in [-0.4, -0.2) is 6.79 Å². The molecule has 0 saturated heterocycles. The van der Waals surface area contributed by atoms with Crippen molar-refractivity contribution >= 4 is 0 Å². The molecule has 0 bridgehead atoms. The summed E-state index contributed by atoms with van der Waals surface area (Å²) in [6.07, 6.45) is 0. The molecule has 0 aliphatic carbocycles. The summed E-state index contributed by atoms with van der Waals surface area (Å²) in [6, 6.07) is 0. The maximum Gasteiger partial charge on any atom is 1.00 e. The predicted molar refractivity (Wildman–Crippen MR) is 4.87 cm³/mol. The van der Waals surface area contributed by atoms with Gasteiger partial charge in [0.1, 0.15) is 0 Å². The van der Waals surface area contributed by atoms with E-state index in [0.29, 0.717) is 0 Å². The Morgan fingerprint density at radius 1 is 1.00 bits per heavy atom. The SMILES string of the molecule is [Li+].[Li+].[O-]C[O-]. The smallest absolute Gasteiger partial charge is 0.868 e. The van der Waals surface area contributed by atoms with Gasteiger partial charge in [-0.2, -0.15) is 0 Å². The van der Waals surface area contributed by atoms with Gasteiger partial charge >= 0.3 is 37.7 Å². The van der Waals surface area contributed by atoms with Crippen LogP contribution in [0.5, 0.6) is 0 Å². The third-order valence-corrected chi connectivity index (χ3v) is 0. The van der Waals surface area contributed by atoms with Gasteiger partial charge in [-0.25, -0.2) is 6.79 Å². The molecule has 5 heavy (non-hydrogen) atoms. The summed E-state index contributed by atoms with van der Waals surface area (Å²) in [5, 5.41) is 16.8. The Hall–Kier alpha value is 1.11. The first-order valence-electron chi connectivity index (χ1n) is 0.577. The van der Waals surface area contributed by atoms with Gasteiger partial charge in [0.05, 0.1) is 0 Å². The van der Waals surface area contributed by atoms with Crippen molar-refractivity contribution in [3.63, 3.8) is 0 Å². The second-order valence-corrected chi connectivity index (χ2v) is 0.118. The van der Waals surface area contributed by atoms with Crippen LogP contribution in [0.25, 0.3) is 0 Å². The summed E-state index contributed by atoms with van der Waals surface area (Å²) >= 11 is 0. The molecule has 2 nitrogen and oxygen atoms in total. The first kappa shape index (κ1) is 16.5. The second-order valence-electron chi connectivity index (χ2n) is 0.118. The minimum atomic E-state index is -1.25. The Balaban J connectivity index is -0.0000000200. The molecule has 0 atom stereocenters. The number of hydrogen-bond acceptors (Lipinski definition) is 2. The standard InChI is InChI=1S/CH2O2.2Li/c2-1-3;;/h1H2;;/q-2;2*+1. The normalized spacial score (nSPS) is 3.60. The molecule has 0 fully saturated rings. The van der Waals surface area contributed by atoms with Crippen LogP contribution in [0.2, 0.25) is 0 Å². The molecule has 0 aromatic carbocycles. The van der Waals surface area contributed by atoms with E-state index < -0.39 is 6.79 Å². The van der Waals surface area contributed by atoms with Gasteiger partial charge in [-0.1, -0.05) is 0 Å². The molecular weight excluding hydrogens is 57.9 g/mol. The van der Waals surface area contributed by atoms with Crippen LogP contribution in [0.3, 0.4) is 0 Å². The van der Waals surface area contributed by atoms with Crippen molar-refractivity contribution in [2.75, 3.05) is 6.79 Å². The molecule has 0 aliphatic heterocycles. The van der Waals surface area contributed by atoms with E-state index in [1.807, 2.05) is 0 Å². The van der Waals surface area contributed by atoms with Gasteiger partial charge in [-0.05, 0) is 0 Å². The summed E-state index contributed by atoms with van der Waals surface area (Å²) in [4.78, 5) is 0. The third kappa shape index (κ3) is 39.9. The second kappa shape index (κ2) is 19.4. The maximum absolute atomic E-state index is 8.38. The predicted octanol–water partition coefficient (Wildman–Crippen LogP) is -8.33. The molecular formula is CH2Li2O2. The van der Waals surface area contributed by atoms with Gasteiger partial charge in [0.25, 0.3) is 0 Å². The van der Waals surface area contributed by atoms with Crippen molar-refractivity contribution in [1.29, 1.82) is 0 Å². The van der Waals surface area contributed by atoms with Crippen molar-refractivity contribution in [2.24, 2.45) is 0 Å². The van der Waals surface area contributed by atoms with Crippen molar-refractivity contribution in [1.82, 2.24) is 0 Å². The van der Waals surface area contributed by atoms with Crippen molar-refractivity contribution in [3.05, 3.63) is 0 Å². The monoisotopic (exact) mass is 60.0 g/mol. The number of hydrogen-bond donors (Lipinski definition) is 0. The molecule has 0 aliphatic rings. The van der Waals surface area contributed by atoms with Crippen LogP contribution in [0.1, 0.15) is 0 Å². The van der Waals surface area contributed by atoms with Gasteiger partial charge in [0.2, 0.25) is 0 Å². The molecule has 0 saturated carbocycles. The summed E-state index contributed by atoms with van der Waals surface area (Å²) in [6.45, 7) is -1.25. The largest absolute Gasteiger partial charge is 1.00 e. The molecule has 20 valence electrons. The Kier molecular flexibility index (Phi) is 63.9. The van der Waals surface area contributed by atoms with Crippen molar-refractivity contribution in [3.8, 4) is 0 Å². The minimum Gasteiger partial charge on any atom is -0.868 e. The van der Waals surface area contributed by atoms with Gasteiger partial charge in [0, 0.05) is 0 Å². The van der Waals surface area contributed by atoms with E-state index in [9.17, 15) is 0 Å². The average Bonchev–Trinajstić information content (AvgIpc) is 0.918. The van der Waals surface area contributed by atoms with Crippen LogP contribution in [0, 0.1) is 0 Å². The van der Waals surface area contributed by atoms with E-state index in [0.717, 1.165) is 0 Å². The summed E-state index contributed by atoms with van der Waals surface area (Å²) in [7, 11) is 0. The molecule has 0 spiro atoms. The molecule has 0 aromatic rings. The van der Waals surface area contributed by atoms with Gasteiger partial charge in [-0.15, -0.1) is 0 Å². The quantitative estimate of drug-likeness (QED) is 0.206. The van der Waals surface area contributed by atoms with Gasteiger partial charge in [-0.3, -0.25) is 0 Å². The topological polar surface area (TPSA) is 46.1 Å². The van der Waals surface area contributed by atoms with E-state index in [2.05, 4.69) is 0 Å². The van der Waals surface area contributed by atoms with E-state index in [-0.39, 0.29) is 37.7 Å². The van der Waals surface area contributed by atoms with E-state index in [4.69, 9.17) is 10.2 Å². The molecule has 0 N–H and O–H groups in total. The van der Waals surface area contributed by atoms with E-state index in [1.165, 1.54) is 0 Å². The van der Waals surface area contributed by atoms with Crippen LogP contribution >= 0.6 is 0 Å². The fourth-order valence-electron chi connectivity index (χ4n) is 0. The Bertz CT molecular complexity index is 7.61. The first-order chi connectivity index (χ1) is 1.41. The first-order valence-corrected chi connectivity index (χ1v) is 0.577. The van der Waals surface area contributed by atoms with Crippen LogP contribution in [-0.2, 0) is 0 Å². The molecule has 4 heteroatoms. The van der Waals surface area contributed by atoms with Gasteiger partial charge in [0.15, 0.2) is 0 Å². The van der Waals surface area contributed by atoms with Crippen LogP contribution in [0.15, 0.2) is 0 Å². The molecule has 0 heterocycles. The molecule has 0 amide bonds. The summed E-state index contributed by atoms with van der Waals surface area (Å²) in [5.41, 5.74) is 0. The van der Waals surface area contributed by atoms with Crippen LogP contribution < -0.4 is 47.9 Å². The Morgan fingerprint density at radius 2 is 1.00 bits per heavy atom. The van der Waals surface area contributed by atoms with Crippen LogP contribution in [0.4, 0.5) is 0 Å². The maximum atomic E-state index is 8.38. The zero-order valence-corrected chi connectivity index (χ0v) is 3.52. The Labute approximate surface area is 54.9 Å². The third-order valence-electron chi connectivity index (χ3n) is 0. The van der Waals surface area contributed by atoms with Crippen molar-refractivity contribution in [2.45, 2.75) is 0 Å². The average molecular weight is 59.9 g/mol. The number of rotatable bonds is 0. The molecule has 0 unspecified atom stereocenters. The zero-order valence-electron chi connectivity index (χ0n) is 3.52. The fourth-order valence-corrected chi connectivity index (χ4v) is 0. The minimum absolute atomic E-state index is 0. The van der Waals surface area contributed by atoms with Crippen molar-refractivity contribution < 1.29 is 47.9 Å². The van der Waals surface area contributed by atoms with E-state index in [1.54, 1.807) is 0 Å². The molecule has 0 aromatic heterocycles. The Morgan fingerprint density at radius 3 is 1.00 bits per heavy atom. The summed E-state index contributed by atoms with van der Waals surface area (Å²) in [5.74, 6) is 0. The molecule has 0 rings (SSSR count). The fraction of sp³-hybridized carbons (Fsp3) is 1.00. The zero-order chi connectivity index (χ0) is 2.71. The molecule has 0 radical (unpaired) electrons.